The third-order valence-corrected chi connectivity index (χ3v) is 6.37. The van der Waals surface area contributed by atoms with Crippen LogP contribution in [0.25, 0.3) is 0 Å². The molecule has 1 amide bonds. The Balaban J connectivity index is 1.98. The van der Waals surface area contributed by atoms with E-state index in [4.69, 9.17) is 0 Å². The maximum absolute atomic E-state index is 12.5. The number of aryl methyl sites for hydroxylation is 1. The van der Waals surface area contributed by atoms with E-state index in [9.17, 15) is 13.2 Å². The summed E-state index contributed by atoms with van der Waals surface area (Å²) in [7, 11) is -3.44. The minimum absolute atomic E-state index is 0.336. The van der Waals surface area contributed by atoms with Crippen LogP contribution in [0.4, 0.5) is 0 Å². The van der Waals surface area contributed by atoms with Gasteiger partial charge < -0.3 is 10.6 Å². The second kappa shape index (κ2) is 6.79. The molecule has 1 saturated heterocycles. The molecule has 0 bridgehead atoms. The number of sulfone groups is 1. The minimum atomic E-state index is -3.44. The zero-order valence-electron chi connectivity index (χ0n) is 13.2. The third-order valence-electron chi connectivity index (χ3n) is 4.35. The minimum Gasteiger partial charge on any atom is -0.354 e. The number of hydrogen-bond acceptors (Lipinski definition) is 4. The van der Waals surface area contributed by atoms with E-state index in [0.29, 0.717) is 38.9 Å². The van der Waals surface area contributed by atoms with Crippen LogP contribution in [0.3, 0.4) is 0 Å². The number of benzene rings is 1. The van der Waals surface area contributed by atoms with Crippen molar-refractivity contribution in [3.63, 3.8) is 0 Å². The predicted octanol–water partition coefficient (Wildman–Crippen LogP) is 0.821. The lowest BCUT2D eigenvalue weighted by atomic mass is 9.95. The third kappa shape index (κ3) is 3.67. The highest BCUT2D eigenvalue weighted by atomic mass is 32.2. The standard InChI is InChI=1S/C16H24N2O3S/c1-13-3-5-14(6-4-13)7-10-18-15(19)16(22(2,20)21)8-11-17-12-9-16/h3-6,17H,7-12H2,1-2H3,(H,18,19). The van der Waals surface area contributed by atoms with Crippen molar-refractivity contribution in [2.45, 2.75) is 30.9 Å². The first-order valence-corrected chi connectivity index (χ1v) is 9.48. The molecule has 0 radical (unpaired) electrons. The molecule has 6 heteroatoms. The zero-order chi connectivity index (χ0) is 16.2. The van der Waals surface area contributed by atoms with E-state index in [1.807, 2.05) is 31.2 Å². The van der Waals surface area contributed by atoms with Crippen LogP contribution in [0.2, 0.25) is 0 Å². The summed E-state index contributed by atoms with van der Waals surface area (Å²) in [4.78, 5) is 12.5. The van der Waals surface area contributed by atoms with Gasteiger partial charge in [0.05, 0.1) is 0 Å². The molecule has 122 valence electrons. The second-order valence-corrected chi connectivity index (χ2v) is 8.33. The first-order chi connectivity index (χ1) is 10.3. The van der Waals surface area contributed by atoms with Gasteiger partial charge in [0.2, 0.25) is 5.91 Å². The Hall–Kier alpha value is -1.40. The Morgan fingerprint density at radius 3 is 2.36 bits per heavy atom. The molecular weight excluding hydrogens is 300 g/mol. The molecule has 0 unspecified atom stereocenters. The summed E-state index contributed by atoms with van der Waals surface area (Å²) in [6.07, 6.45) is 2.53. The quantitative estimate of drug-likeness (QED) is 0.841. The van der Waals surface area contributed by atoms with Crippen LogP contribution in [-0.2, 0) is 21.1 Å². The summed E-state index contributed by atoms with van der Waals surface area (Å²) >= 11 is 0. The SMILES string of the molecule is Cc1ccc(CCNC(=O)C2(S(C)(=O)=O)CCNCC2)cc1. The first-order valence-electron chi connectivity index (χ1n) is 7.59. The van der Waals surface area contributed by atoms with Gasteiger partial charge in [0, 0.05) is 12.8 Å². The summed E-state index contributed by atoms with van der Waals surface area (Å²) in [5.41, 5.74) is 2.32. The van der Waals surface area contributed by atoms with Gasteiger partial charge in [0.25, 0.3) is 0 Å². The monoisotopic (exact) mass is 324 g/mol. The van der Waals surface area contributed by atoms with Crippen molar-refractivity contribution < 1.29 is 13.2 Å². The van der Waals surface area contributed by atoms with E-state index in [2.05, 4.69) is 10.6 Å². The fraction of sp³-hybridized carbons (Fsp3) is 0.562. The lowest BCUT2D eigenvalue weighted by molar-refractivity contribution is -0.124. The Morgan fingerprint density at radius 1 is 1.23 bits per heavy atom. The number of carbonyl (C=O) groups excluding carboxylic acids is 1. The first kappa shape index (κ1) is 17.0. The largest absolute Gasteiger partial charge is 0.354 e. The summed E-state index contributed by atoms with van der Waals surface area (Å²) in [5.74, 6) is -0.358. The van der Waals surface area contributed by atoms with Crippen LogP contribution in [0.15, 0.2) is 24.3 Å². The number of carbonyl (C=O) groups is 1. The van der Waals surface area contributed by atoms with Gasteiger partial charge in [-0.15, -0.1) is 0 Å². The zero-order valence-corrected chi connectivity index (χ0v) is 14.0. The Bertz CT molecular complexity index is 617. The number of piperidine rings is 1. The molecule has 1 aliphatic rings. The molecule has 5 nitrogen and oxygen atoms in total. The highest BCUT2D eigenvalue weighted by Crippen LogP contribution is 2.27. The van der Waals surface area contributed by atoms with Gasteiger partial charge in [0.15, 0.2) is 14.6 Å². The predicted molar refractivity (Wildman–Crippen MR) is 87.6 cm³/mol. The maximum atomic E-state index is 12.5. The normalized spacial score (nSPS) is 17.9. The molecule has 0 saturated carbocycles. The van der Waals surface area contributed by atoms with Gasteiger partial charge in [-0.05, 0) is 44.8 Å². The number of amides is 1. The molecule has 1 heterocycles. The lowest BCUT2D eigenvalue weighted by Crippen LogP contribution is -2.57. The highest BCUT2D eigenvalue weighted by Gasteiger charge is 2.48. The van der Waals surface area contributed by atoms with Crippen LogP contribution >= 0.6 is 0 Å². The fourth-order valence-corrected chi connectivity index (χ4v) is 4.19. The van der Waals surface area contributed by atoms with Crippen molar-refractivity contribution in [1.29, 1.82) is 0 Å². The van der Waals surface area contributed by atoms with Gasteiger partial charge in [-0.25, -0.2) is 8.42 Å². The van der Waals surface area contributed by atoms with Crippen molar-refractivity contribution in [3.8, 4) is 0 Å². The average Bonchev–Trinajstić information content (AvgIpc) is 2.49. The van der Waals surface area contributed by atoms with E-state index in [1.165, 1.54) is 5.56 Å². The summed E-state index contributed by atoms with van der Waals surface area (Å²) in [6, 6.07) is 8.11. The van der Waals surface area contributed by atoms with E-state index < -0.39 is 14.6 Å². The lowest BCUT2D eigenvalue weighted by Gasteiger charge is -2.34. The molecule has 1 aromatic carbocycles. The highest BCUT2D eigenvalue weighted by molar-refractivity contribution is 7.92. The molecule has 1 aliphatic heterocycles. The molecule has 0 aromatic heterocycles. The number of hydrogen-bond donors (Lipinski definition) is 2. The average molecular weight is 324 g/mol. The Morgan fingerprint density at radius 2 is 1.82 bits per heavy atom. The summed E-state index contributed by atoms with van der Waals surface area (Å²) in [5, 5.41) is 5.93. The van der Waals surface area contributed by atoms with E-state index in [-0.39, 0.29) is 5.91 Å². The van der Waals surface area contributed by atoms with Crippen molar-refractivity contribution in [2.24, 2.45) is 0 Å². The molecule has 1 aromatic rings. The Labute approximate surface area is 132 Å². The van der Waals surface area contributed by atoms with Gasteiger partial charge >= 0.3 is 0 Å². The van der Waals surface area contributed by atoms with Gasteiger partial charge in [0.1, 0.15) is 0 Å². The fourth-order valence-electron chi connectivity index (χ4n) is 2.83. The maximum Gasteiger partial charge on any atom is 0.241 e. The number of nitrogens with one attached hydrogen (secondary N) is 2. The van der Waals surface area contributed by atoms with Crippen LogP contribution in [-0.4, -0.2) is 45.0 Å². The van der Waals surface area contributed by atoms with E-state index in [1.54, 1.807) is 0 Å². The summed E-state index contributed by atoms with van der Waals surface area (Å²) in [6.45, 7) is 3.59. The van der Waals surface area contributed by atoms with Crippen molar-refractivity contribution in [3.05, 3.63) is 35.4 Å². The van der Waals surface area contributed by atoms with E-state index >= 15 is 0 Å². The molecule has 0 atom stereocenters. The summed E-state index contributed by atoms with van der Waals surface area (Å²) < 4.78 is 23.0. The Kier molecular flexibility index (Phi) is 5.24. The van der Waals surface area contributed by atoms with Gasteiger partial charge in [-0.1, -0.05) is 29.8 Å². The molecular formula is C16H24N2O3S. The van der Waals surface area contributed by atoms with Gasteiger partial charge in [-0.2, -0.15) is 0 Å². The van der Waals surface area contributed by atoms with Crippen LogP contribution in [0.1, 0.15) is 24.0 Å². The molecule has 2 N–H and O–H groups in total. The molecule has 0 aliphatic carbocycles. The topological polar surface area (TPSA) is 75.3 Å². The van der Waals surface area contributed by atoms with Crippen molar-refractivity contribution in [1.82, 2.24) is 10.6 Å². The molecule has 0 spiro atoms. The second-order valence-electron chi connectivity index (χ2n) is 6.01. The van der Waals surface area contributed by atoms with Crippen molar-refractivity contribution >= 4 is 15.7 Å². The van der Waals surface area contributed by atoms with Crippen LogP contribution in [0.5, 0.6) is 0 Å². The molecule has 2 rings (SSSR count). The van der Waals surface area contributed by atoms with Gasteiger partial charge in [-0.3, -0.25) is 4.79 Å². The molecule has 1 fully saturated rings. The van der Waals surface area contributed by atoms with Crippen LogP contribution < -0.4 is 10.6 Å². The van der Waals surface area contributed by atoms with Crippen molar-refractivity contribution in [2.75, 3.05) is 25.9 Å². The smallest absolute Gasteiger partial charge is 0.241 e. The van der Waals surface area contributed by atoms with Crippen LogP contribution in [0, 0.1) is 6.92 Å². The number of rotatable bonds is 5. The molecule has 22 heavy (non-hydrogen) atoms. The van der Waals surface area contributed by atoms with E-state index in [0.717, 1.165) is 11.8 Å².